The maximum absolute atomic E-state index is 12.5. The van der Waals surface area contributed by atoms with Gasteiger partial charge in [-0.05, 0) is 49.6 Å². The van der Waals surface area contributed by atoms with Crippen molar-refractivity contribution in [3.05, 3.63) is 70.3 Å². The van der Waals surface area contributed by atoms with Crippen LogP contribution in [0.5, 0.6) is 0 Å². The Kier molecular flexibility index (Phi) is 5.44. The largest absolute Gasteiger partial charge is 0.346 e. The first kappa shape index (κ1) is 18.2. The van der Waals surface area contributed by atoms with Crippen molar-refractivity contribution >= 4 is 15.7 Å². The van der Waals surface area contributed by atoms with Crippen molar-refractivity contribution in [2.45, 2.75) is 32.6 Å². The molecule has 0 saturated heterocycles. The van der Waals surface area contributed by atoms with Gasteiger partial charge in [-0.1, -0.05) is 35.9 Å². The number of amides is 1. The van der Waals surface area contributed by atoms with Crippen molar-refractivity contribution in [2.75, 3.05) is 6.26 Å². The monoisotopic (exact) mass is 345 g/mol. The Balaban J connectivity index is 2.17. The molecule has 24 heavy (non-hydrogen) atoms. The lowest BCUT2D eigenvalue weighted by molar-refractivity contribution is 0.0939. The summed E-state index contributed by atoms with van der Waals surface area (Å²) in [5.41, 5.74) is 4.43. The van der Waals surface area contributed by atoms with Gasteiger partial charge in [0, 0.05) is 11.8 Å². The topological polar surface area (TPSA) is 63.2 Å². The second kappa shape index (κ2) is 7.18. The third kappa shape index (κ3) is 4.93. The van der Waals surface area contributed by atoms with Crippen LogP contribution in [0.2, 0.25) is 0 Å². The van der Waals surface area contributed by atoms with Gasteiger partial charge >= 0.3 is 0 Å². The van der Waals surface area contributed by atoms with Gasteiger partial charge in [-0.2, -0.15) is 0 Å². The molecule has 0 radical (unpaired) electrons. The van der Waals surface area contributed by atoms with Gasteiger partial charge in [0.1, 0.15) is 0 Å². The number of sulfone groups is 1. The number of carbonyl (C=O) groups excluding carboxylic acids is 1. The van der Waals surface area contributed by atoms with Gasteiger partial charge in [0.05, 0.1) is 11.8 Å². The molecule has 0 aliphatic rings. The average Bonchev–Trinajstić information content (AvgIpc) is 2.48. The molecule has 1 atom stereocenters. The number of nitrogens with one attached hydrogen (secondary N) is 1. The lowest BCUT2D eigenvalue weighted by Crippen LogP contribution is -2.27. The molecule has 0 bridgehead atoms. The number of hydrogen-bond donors (Lipinski definition) is 1. The molecule has 0 unspecified atom stereocenters. The molecular weight excluding hydrogens is 322 g/mol. The van der Waals surface area contributed by atoms with E-state index in [0.29, 0.717) is 11.1 Å². The molecule has 2 aromatic rings. The highest BCUT2D eigenvalue weighted by Gasteiger charge is 2.14. The van der Waals surface area contributed by atoms with Crippen LogP contribution in [0.15, 0.2) is 42.5 Å². The van der Waals surface area contributed by atoms with E-state index in [1.807, 2.05) is 32.9 Å². The second-order valence-corrected chi connectivity index (χ2v) is 8.47. The van der Waals surface area contributed by atoms with Crippen molar-refractivity contribution < 1.29 is 13.2 Å². The van der Waals surface area contributed by atoms with Gasteiger partial charge in [0.15, 0.2) is 9.84 Å². The number of carbonyl (C=O) groups is 1. The maximum Gasteiger partial charge on any atom is 0.251 e. The van der Waals surface area contributed by atoms with Crippen LogP contribution in [0.3, 0.4) is 0 Å². The lowest BCUT2D eigenvalue weighted by atomic mass is 9.99. The van der Waals surface area contributed by atoms with Crippen LogP contribution in [0, 0.1) is 13.8 Å². The molecule has 2 rings (SSSR count). The molecule has 1 N–H and O–H groups in total. The van der Waals surface area contributed by atoms with E-state index in [-0.39, 0.29) is 17.7 Å². The summed E-state index contributed by atoms with van der Waals surface area (Å²) in [6.45, 7) is 5.98. The van der Waals surface area contributed by atoms with Crippen molar-refractivity contribution in [3.8, 4) is 0 Å². The van der Waals surface area contributed by atoms with Crippen molar-refractivity contribution in [1.82, 2.24) is 5.32 Å². The smallest absolute Gasteiger partial charge is 0.251 e. The standard InChI is InChI=1S/C19H23NO3S/c1-13-8-9-14(2)18(10-13)15(3)20-19(21)17-7-5-6-16(11-17)12-24(4,22)23/h5-11,15H,12H2,1-4H3,(H,20,21)/t15-/m1/s1. The van der Waals surface area contributed by atoms with Crippen LogP contribution < -0.4 is 5.32 Å². The van der Waals surface area contributed by atoms with E-state index in [2.05, 4.69) is 11.4 Å². The second-order valence-electron chi connectivity index (χ2n) is 6.33. The molecule has 0 heterocycles. The lowest BCUT2D eigenvalue weighted by Gasteiger charge is -2.17. The van der Waals surface area contributed by atoms with E-state index in [1.165, 1.54) is 6.26 Å². The van der Waals surface area contributed by atoms with E-state index in [9.17, 15) is 13.2 Å². The fourth-order valence-corrected chi connectivity index (χ4v) is 3.47. The molecule has 2 aromatic carbocycles. The molecule has 0 saturated carbocycles. The van der Waals surface area contributed by atoms with E-state index >= 15 is 0 Å². The van der Waals surface area contributed by atoms with Crippen LogP contribution in [-0.4, -0.2) is 20.6 Å². The third-order valence-corrected chi connectivity index (χ3v) is 4.72. The van der Waals surface area contributed by atoms with Crippen molar-refractivity contribution in [2.24, 2.45) is 0 Å². The van der Waals surface area contributed by atoms with Crippen LogP contribution in [-0.2, 0) is 15.6 Å². The van der Waals surface area contributed by atoms with E-state index in [1.54, 1.807) is 24.3 Å². The van der Waals surface area contributed by atoms with E-state index < -0.39 is 9.84 Å². The number of aryl methyl sites for hydroxylation is 2. The van der Waals surface area contributed by atoms with Crippen molar-refractivity contribution in [1.29, 1.82) is 0 Å². The molecule has 128 valence electrons. The minimum Gasteiger partial charge on any atom is -0.346 e. The number of hydrogen-bond acceptors (Lipinski definition) is 3. The van der Waals surface area contributed by atoms with E-state index in [4.69, 9.17) is 0 Å². The van der Waals surface area contributed by atoms with E-state index in [0.717, 1.165) is 16.7 Å². The van der Waals surface area contributed by atoms with Gasteiger partial charge in [-0.3, -0.25) is 4.79 Å². The fraction of sp³-hybridized carbons (Fsp3) is 0.316. The molecule has 5 heteroatoms. The molecule has 4 nitrogen and oxygen atoms in total. The van der Waals surface area contributed by atoms with Gasteiger partial charge in [-0.15, -0.1) is 0 Å². The SMILES string of the molecule is Cc1ccc(C)c([C@@H](C)NC(=O)c2cccc(CS(C)(=O)=O)c2)c1. The first-order valence-electron chi connectivity index (χ1n) is 7.80. The molecule has 0 aliphatic heterocycles. The predicted octanol–water partition coefficient (Wildman–Crippen LogP) is 3.34. The van der Waals surface area contributed by atoms with Gasteiger partial charge in [0.25, 0.3) is 5.91 Å². The normalized spacial score (nSPS) is 12.7. The maximum atomic E-state index is 12.5. The summed E-state index contributed by atoms with van der Waals surface area (Å²) in [4.78, 5) is 12.5. The molecule has 0 aromatic heterocycles. The zero-order valence-corrected chi connectivity index (χ0v) is 15.3. The summed E-state index contributed by atoms with van der Waals surface area (Å²) in [6, 6.07) is 12.8. The summed E-state index contributed by atoms with van der Waals surface area (Å²) in [7, 11) is -3.13. The Morgan fingerprint density at radius 3 is 2.50 bits per heavy atom. The Hall–Kier alpha value is -2.14. The zero-order chi connectivity index (χ0) is 17.9. The minimum atomic E-state index is -3.13. The quantitative estimate of drug-likeness (QED) is 0.904. The number of benzene rings is 2. The van der Waals surface area contributed by atoms with Gasteiger partial charge in [-0.25, -0.2) is 8.42 Å². The summed E-state index contributed by atoms with van der Waals surface area (Å²) in [5.74, 6) is -0.278. The molecule has 1 amide bonds. The first-order chi connectivity index (χ1) is 11.2. The minimum absolute atomic E-state index is 0.0688. The van der Waals surface area contributed by atoms with Gasteiger partial charge in [0.2, 0.25) is 0 Å². The summed E-state index contributed by atoms with van der Waals surface area (Å²) in [5, 5.41) is 2.98. The summed E-state index contributed by atoms with van der Waals surface area (Å²) in [6.07, 6.45) is 1.18. The fourth-order valence-electron chi connectivity index (χ4n) is 2.69. The van der Waals surface area contributed by atoms with Crippen LogP contribution >= 0.6 is 0 Å². The van der Waals surface area contributed by atoms with Crippen molar-refractivity contribution in [3.63, 3.8) is 0 Å². The van der Waals surface area contributed by atoms with Crippen LogP contribution in [0.25, 0.3) is 0 Å². The highest BCUT2D eigenvalue weighted by molar-refractivity contribution is 7.89. The molecule has 0 aliphatic carbocycles. The molecule has 0 fully saturated rings. The molecule has 0 spiro atoms. The molecular formula is C19H23NO3S. The zero-order valence-electron chi connectivity index (χ0n) is 14.5. The average molecular weight is 345 g/mol. The van der Waals surface area contributed by atoms with Crippen LogP contribution in [0.1, 0.15) is 45.6 Å². The van der Waals surface area contributed by atoms with Crippen LogP contribution in [0.4, 0.5) is 0 Å². The number of rotatable bonds is 5. The Morgan fingerprint density at radius 2 is 1.83 bits per heavy atom. The summed E-state index contributed by atoms with van der Waals surface area (Å²) >= 11 is 0. The summed E-state index contributed by atoms with van der Waals surface area (Å²) < 4.78 is 22.8. The Bertz CT molecular complexity index is 857. The van der Waals surface area contributed by atoms with Gasteiger partial charge < -0.3 is 5.32 Å². The first-order valence-corrected chi connectivity index (χ1v) is 9.86. The highest BCUT2D eigenvalue weighted by Crippen LogP contribution is 2.19. The highest BCUT2D eigenvalue weighted by atomic mass is 32.2. The Labute approximate surface area is 143 Å². The third-order valence-electron chi connectivity index (χ3n) is 3.87. The predicted molar refractivity (Wildman–Crippen MR) is 96.8 cm³/mol. The Morgan fingerprint density at radius 1 is 1.12 bits per heavy atom.